The molecule has 18 heavy (non-hydrogen) atoms. The van der Waals surface area contributed by atoms with Gasteiger partial charge in [0.15, 0.2) is 0 Å². The maximum Gasteiger partial charge on any atom is 0.287 e. The maximum atomic E-state index is 10.4. The highest BCUT2D eigenvalue weighted by Crippen LogP contribution is 2.17. The summed E-state index contributed by atoms with van der Waals surface area (Å²) in [6.07, 6.45) is 4.78. The molecule has 0 fully saturated rings. The van der Waals surface area contributed by atoms with Crippen LogP contribution < -0.4 is 0 Å². The maximum absolute atomic E-state index is 10.4. The van der Waals surface area contributed by atoms with E-state index in [9.17, 15) is 10.1 Å². The van der Waals surface area contributed by atoms with E-state index in [1.165, 1.54) is 23.6 Å². The van der Waals surface area contributed by atoms with Crippen LogP contribution in [-0.2, 0) is 0 Å². The number of rotatable bonds is 3. The van der Waals surface area contributed by atoms with E-state index in [-0.39, 0.29) is 5.69 Å². The first-order valence-electron chi connectivity index (χ1n) is 4.96. The van der Waals surface area contributed by atoms with E-state index in [4.69, 9.17) is 5.26 Å². The van der Waals surface area contributed by atoms with E-state index in [2.05, 4.69) is 11.1 Å². The molecule has 0 saturated heterocycles. The lowest BCUT2D eigenvalue weighted by Gasteiger charge is -1.92. The summed E-state index contributed by atoms with van der Waals surface area (Å²) < 4.78 is 0. The first-order valence-corrected chi connectivity index (χ1v) is 5.84. The van der Waals surface area contributed by atoms with Gasteiger partial charge in [-0.05, 0) is 24.3 Å². The Morgan fingerprint density at radius 3 is 2.83 bits per heavy atom. The number of hydrogen-bond acceptors (Lipinski definition) is 5. The summed E-state index contributed by atoms with van der Waals surface area (Å²) in [4.78, 5) is 14.8. The molecule has 6 heteroatoms. The summed E-state index contributed by atoms with van der Waals surface area (Å²) >= 11 is 1.46. The normalized spacial score (nSPS) is 10.4. The summed E-state index contributed by atoms with van der Waals surface area (Å²) in [7, 11) is 0. The van der Waals surface area contributed by atoms with E-state index in [0.717, 1.165) is 4.88 Å². The molecule has 2 aromatic heterocycles. The minimum Gasteiger partial charge on any atom is -0.258 e. The molecule has 0 bridgehead atoms. The summed E-state index contributed by atoms with van der Waals surface area (Å²) in [6.45, 7) is 0. The van der Waals surface area contributed by atoms with E-state index in [1.807, 2.05) is 6.08 Å². The van der Waals surface area contributed by atoms with Crippen molar-refractivity contribution in [3.63, 3.8) is 0 Å². The van der Waals surface area contributed by atoms with Crippen molar-refractivity contribution in [1.29, 1.82) is 5.26 Å². The molecule has 0 amide bonds. The Morgan fingerprint density at radius 1 is 1.44 bits per heavy atom. The van der Waals surface area contributed by atoms with Gasteiger partial charge in [-0.1, -0.05) is 0 Å². The molecular formula is C12H7N3O2S. The Morgan fingerprint density at radius 2 is 2.28 bits per heavy atom. The number of pyridine rings is 1. The van der Waals surface area contributed by atoms with E-state index >= 15 is 0 Å². The van der Waals surface area contributed by atoms with Crippen LogP contribution in [0.2, 0.25) is 0 Å². The lowest BCUT2D eigenvalue weighted by Crippen LogP contribution is -1.89. The molecule has 0 radical (unpaired) electrons. The van der Waals surface area contributed by atoms with Crippen LogP contribution in [0.25, 0.3) is 12.2 Å². The minimum atomic E-state index is -0.487. The number of nitrogens with zero attached hydrogens (tertiary/aromatic N) is 3. The molecule has 88 valence electrons. The average Bonchev–Trinajstić information content (AvgIpc) is 2.85. The highest BCUT2D eigenvalue weighted by atomic mass is 32.1. The van der Waals surface area contributed by atoms with Gasteiger partial charge in [0.05, 0.1) is 16.2 Å². The molecule has 0 unspecified atom stereocenters. The predicted octanol–water partition coefficient (Wildman–Crippen LogP) is 3.09. The standard InChI is InChI=1S/C12H7N3O2S/c13-6-9-5-12(18-8-9)4-2-10-1-3-11(7-14-10)15(16)17/h1-5,7-8H. The van der Waals surface area contributed by atoms with Gasteiger partial charge in [0.25, 0.3) is 5.69 Å². The zero-order valence-corrected chi connectivity index (χ0v) is 9.92. The number of aromatic nitrogens is 1. The molecule has 0 aromatic carbocycles. The van der Waals surface area contributed by atoms with Crippen molar-refractivity contribution < 1.29 is 4.92 Å². The highest BCUT2D eigenvalue weighted by Gasteiger charge is 2.03. The number of thiophene rings is 1. The second kappa shape index (κ2) is 5.21. The Hall–Kier alpha value is -2.52. The molecule has 0 aliphatic carbocycles. The first kappa shape index (κ1) is 12.0. The van der Waals surface area contributed by atoms with Crippen LogP contribution >= 0.6 is 11.3 Å². The van der Waals surface area contributed by atoms with Gasteiger partial charge in [0.1, 0.15) is 12.3 Å². The number of hydrogen-bond donors (Lipinski definition) is 0. The molecule has 0 atom stereocenters. The quantitative estimate of drug-likeness (QED) is 0.625. The monoisotopic (exact) mass is 257 g/mol. The Balaban J connectivity index is 2.14. The molecule has 0 N–H and O–H groups in total. The van der Waals surface area contributed by atoms with Crippen molar-refractivity contribution in [1.82, 2.24) is 4.98 Å². The average molecular weight is 257 g/mol. The van der Waals surface area contributed by atoms with E-state index < -0.39 is 4.92 Å². The van der Waals surface area contributed by atoms with E-state index in [1.54, 1.807) is 23.6 Å². The van der Waals surface area contributed by atoms with Crippen LogP contribution in [0.3, 0.4) is 0 Å². The van der Waals surface area contributed by atoms with E-state index in [0.29, 0.717) is 11.3 Å². The van der Waals surface area contributed by atoms with Gasteiger partial charge in [-0.3, -0.25) is 10.1 Å². The van der Waals surface area contributed by atoms with Crippen molar-refractivity contribution in [2.24, 2.45) is 0 Å². The summed E-state index contributed by atoms with van der Waals surface area (Å²) in [5.74, 6) is 0. The largest absolute Gasteiger partial charge is 0.287 e. The Kier molecular flexibility index (Phi) is 3.46. The second-order valence-electron chi connectivity index (χ2n) is 3.38. The SMILES string of the molecule is N#Cc1csc(C=Cc2ccc([N+](=O)[O-])cn2)c1. The molecule has 0 spiro atoms. The van der Waals surface area contributed by atoms with Gasteiger partial charge < -0.3 is 0 Å². The second-order valence-corrected chi connectivity index (χ2v) is 4.32. The van der Waals surface area contributed by atoms with Gasteiger partial charge in [-0.15, -0.1) is 11.3 Å². The van der Waals surface area contributed by atoms with Gasteiger partial charge in [-0.25, -0.2) is 4.98 Å². The lowest BCUT2D eigenvalue weighted by atomic mass is 10.3. The van der Waals surface area contributed by atoms with Gasteiger partial charge in [0, 0.05) is 16.3 Å². The molecular weight excluding hydrogens is 250 g/mol. The molecule has 2 aromatic rings. The van der Waals surface area contributed by atoms with Crippen molar-refractivity contribution >= 4 is 29.2 Å². The van der Waals surface area contributed by atoms with Crippen LogP contribution in [0.1, 0.15) is 16.1 Å². The summed E-state index contributed by atoms with van der Waals surface area (Å²) in [5.41, 5.74) is 1.22. The highest BCUT2D eigenvalue weighted by molar-refractivity contribution is 7.11. The van der Waals surface area contributed by atoms with Crippen LogP contribution in [0, 0.1) is 21.4 Å². The van der Waals surface area contributed by atoms with Crippen molar-refractivity contribution in [3.05, 3.63) is 56.0 Å². The zero-order valence-electron chi connectivity index (χ0n) is 9.11. The minimum absolute atomic E-state index is 0.0324. The zero-order chi connectivity index (χ0) is 13.0. The first-order chi connectivity index (χ1) is 8.69. The molecule has 0 saturated carbocycles. The van der Waals surface area contributed by atoms with Crippen molar-refractivity contribution in [3.8, 4) is 6.07 Å². The fraction of sp³-hybridized carbons (Fsp3) is 0. The van der Waals surface area contributed by atoms with Crippen LogP contribution in [0.5, 0.6) is 0 Å². The fourth-order valence-corrected chi connectivity index (χ4v) is 2.00. The number of nitriles is 1. The smallest absolute Gasteiger partial charge is 0.258 e. The summed E-state index contributed by atoms with van der Waals surface area (Å²) in [6, 6.07) is 6.80. The fourth-order valence-electron chi connectivity index (χ4n) is 1.27. The van der Waals surface area contributed by atoms with Gasteiger partial charge >= 0.3 is 0 Å². The van der Waals surface area contributed by atoms with Crippen LogP contribution in [-0.4, -0.2) is 9.91 Å². The molecule has 5 nitrogen and oxygen atoms in total. The third-order valence-corrected chi connectivity index (χ3v) is 3.05. The third-order valence-electron chi connectivity index (χ3n) is 2.15. The van der Waals surface area contributed by atoms with Gasteiger partial charge in [-0.2, -0.15) is 5.26 Å². The van der Waals surface area contributed by atoms with Crippen LogP contribution in [0.15, 0.2) is 29.8 Å². The van der Waals surface area contributed by atoms with Gasteiger partial charge in [0.2, 0.25) is 0 Å². The van der Waals surface area contributed by atoms with Crippen molar-refractivity contribution in [2.45, 2.75) is 0 Å². The third kappa shape index (κ3) is 2.78. The predicted molar refractivity (Wildman–Crippen MR) is 68.9 cm³/mol. The lowest BCUT2D eigenvalue weighted by molar-refractivity contribution is -0.385. The van der Waals surface area contributed by atoms with Crippen LogP contribution in [0.4, 0.5) is 5.69 Å². The van der Waals surface area contributed by atoms with Crippen molar-refractivity contribution in [2.75, 3.05) is 0 Å². The molecule has 2 rings (SSSR count). The molecule has 0 aliphatic heterocycles. The number of nitro groups is 1. The topological polar surface area (TPSA) is 79.8 Å². The Bertz CT molecular complexity index is 638. The Labute approximate surface area is 107 Å². The molecule has 2 heterocycles. The summed E-state index contributed by atoms with van der Waals surface area (Å²) in [5, 5.41) is 20.9. The molecule has 0 aliphatic rings.